The third kappa shape index (κ3) is 8.74. The minimum Gasteiger partial charge on any atom is -0.480 e. The van der Waals surface area contributed by atoms with Gasteiger partial charge in [0, 0.05) is 23.6 Å². The fourth-order valence-corrected chi connectivity index (χ4v) is 3.72. The topological polar surface area (TPSA) is 251 Å². The van der Waals surface area contributed by atoms with Crippen LogP contribution < -0.4 is 33.2 Å². The Morgan fingerprint density at radius 1 is 1.03 bits per heavy atom. The first kappa shape index (κ1) is 30.1. The minimum absolute atomic E-state index is 0.0548. The number of aromatic amines is 1. The quantitative estimate of drug-likeness (QED) is 0.0742. The molecule has 38 heavy (non-hydrogen) atoms. The van der Waals surface area contributed by atoms with E-state index in [2.05, 4.69) is 25.9 Å². The van der Waals surface area contributed by atoms with E-state index in [9.17, 15) is 29.4 Å². The fraction of sp³-hybridized carbons (Fsp3) is 0.458. The Labute approximate surface area is 219 Å². The highest BCUT2D eigenvalue weighted by Gasteiger charge is 2.31. The van der Waals surface area contributed by atoms with E-state index < -0.39 is 54.0 Å². The lowest BCUT2D eigenvalue weighted by atomic mass is 10.0. The van der Waals surface area contributed by atoms with Crippen molar-refractivity contribution in [2.45, 2.75) is 63.4 Å². The van der Waals surface area contributed by atoms with Gasteiger partial charge in [-0.2, -0.15) is 0 Å². The number of nitrogens with two attached hydrogens (primary N) is 3. The van der Waals surface area contributed by atoms with Gasteiger partial charge in [-0.25, -0.2) is 4.79 Å². The number of benzene rings is 1. The van der Waals surface area contributed by atoms with Crippen molar-refractivity contribution >= 4 is 40.6 Å². The molecule has 0 bridgehead atoms. The number of guanidine groups is 1. The Morgan fingerprint density at radius 2 is 1.71 bits per heavy atom. The molecule has 0 spiro atoms. The van der Waals surface area contributed by atoms with Crippen molar-refractivity contribution in [3.8, 4) is 0 Å². The molecule has 5 atom stereocenters. The monoisotopic (exact) mass is 532 g/mol. The summed E-state index contributed by atoms with van der Waals surface area (Å²) < 4.78 is 0. The third-order valence-corrected chi connectivity index (χ3v) is 5.83. The Hall–Kier alpha value is -4.17. The second-order valence-electron chi connectivity index (χ2n) is 8.98. The highest BCUT2D eigenvalue weighted by Crippen LogP contribution is 2.18. The van der Waals surface area contributed by atoms with E-state index in [-0.39, 0.29) is 25.3 Å². The first-order valence-electron chi connectivity index (χ1n) is 12.1. The molecule has 1 aromatic carbocycles. The summed E-state index contributed by atoms with van der Waals surface area (Å²) in [5.41, 5.74) is 18.2. The number of hydrogen-bond donors (Lipinski definition) is 9. The van der Waals surface area contributed by atoms with Gasteiger partial charge in [0.15, 0.2) is 5.96 Å². The molecule has 2 aromatic rings. The molecule has 0 aliphatic heterocycles. The number of aliphatic carboxylic acids is 1. The summed E-state index contributed by atoms with van der Waals surface area (Å²) in [7, 11) is 0. The highest BCUT2D eigenvalue weighted by molar-refractivity contribution is 5.94. The number of carboxylic acid groups (broad SMARTS) is 1. The molecule has 5 unspecified atom stereocenters. The Kier molecular flexibility index (Phi) is 11.0. The molecule has 208 valence electrons. The number of carboxylic acids is 1. The zero-order valence-electron chi connectivity index (χ0n) is 21.3. The summed E-state index contributed by atoms with van der Waals surface area (Å²) >= 11 is 0. The van der Waals surface area contributed by atoms with Gasteiger partial charge in [0.1, 0.15) is 18.1 Å². The molecule has 2 rings (SSSR count). The number of aliphatic hydroxyl groups is 1. The number of para-hydroxylation sites is 1. The number of rotatable bonds is 14. The summed E-state index contributed by atoms with van der Waals surface area (Å²) in [5, 5.41) is 27.6. The molecule has 3 amide bonds. The third-order valence-electron chi connectivity index (χ3n) is 5.83. The lowest BCUT2D eigenvalue weighted by Gasteiger charge is -2.25. The normalized spacial score (nSPS) is 14.9. The van der Waals surface area contributed by atoms with E-state index >= 15 is 0 Å². The van der Waals surface area contributed by atoms with E-state index in [1.807, 2.05) is 24.3 Å². The lowest BCUT2D eigenvalue weighted by molar-refractivity contribution is -0.142. The van der Waals surface area contributed by atoms with Crippen LogP contribution in [-0.4, -0.2) is 81.7 Å². The number of nitrogens with one attached hydrogen (secondary N) is 4. The van der Waals surface area contributed by atoms with Gasteiger partial charge in [0.05, 0.1) is 12.1 Å². The number of hydrogen-bond acceptors (Lipinski definition) is 7. The lowest BCUT2D eigenvalue weighted by Crippen LogP contribution is -2.59. The van der Waals surface area contributed by atoms with Crippen LogP contribution in [0.2, 0.25) is 0 Å². The Morgan fingerprint density at radius 3 is 2.34 bits per heavy atom. The van der Waals surface area contributed by atoms with Crippen LogP contribution in [0.5, 0.6) is 0 Å². The predicted molar refractivity (Wildman–Crippen MR) is 141 cm³/mol. The Balaban J connectivity index is 1.94. The maximum atomic E-state index is 12.8. The number of aliphatic imine (C=N–C) groups is 1. The smallest absolute Gasteiger partial charge is 0.326 e. The van der Waals surface area contributed by atoms with Crippen LogP contribution in [0.3, 0.4) is 0 Å². The average Bonchev–Trinajstić information content (AvgIpc) is 3.26. The second-order valence-corrected chi connectivity index (χ2v) is 8.98. The summed E-state index contributed by atoms with van der Waals surface area (Å²) in [6, 6.07) is 2.71. The molecule has 14 nitrogen and oxygen atoms in total. The minimum atomic E-state index is -1.40. The molecule has 0 saturated heterocycles. The largest absolute Gasteiger partial charge is 0.480 e. The number of fused-ring (bicyclic) bond motifs is 1. The summed E-state index contributed by atoms with van der Waals surface area (Å²) in [4.78, 5) is 56.4. The number of nitrogens with zero attached hydrogens (tertiary/aromatic N) is 1. The molecule has 1 aromatic heterocycles. The van der Waals surface area contributed by atoms with Crippen molar-refractivity contribution in [3.63, 3.8) is 0 Å². The van der Waals surface area contributed by atoms with Gasteiger partial charge in [-0.05, 0) is 44.7 Å². The second kappa shape index (κ2) is 13.9. The number of carbonyl (C=O) groups excluding carboxylic acids is 3. The molecule has 0 radical (unpaired) electrons. The van der Waals surface area contributed by atoms with Crippen molar-refractivity contribution in [3.05, 3.63) is 36.0 Å². The molecular formula is C24H36N8O6. The van der Waals surface area contributed by atoms with Gasteiger partial charge >= 0.3 is 5.97 Å². The number of aromatic nitrogens is 1. The molecule has 14 heteroatoms. The van der Waals surface area contributed by atoms with Crippen LogP contribution in [0, 0.1) is 0 Å². The fourth-order valence-electron chi connectivity index (χ4n) is 3.72. The molecular weight excluding hydrogens is 496 g/mol. The standard InChI is InChI=1S/C24H36N8O6/c1-12(20(34)31-18(23(37)38)8-5-9-28-24(26)27)30-22(36)19(13(2)33)32-21(35)16(25)10-14-11-29-17-7-4-3-6-15(14)17/h3-4,6-7,11-13,16,18-19,29,33H,5,8-10,25H2,1-2H3,(H,30,36)(H,31,34)(H,32,35)(H,37,38)(H4,26,27,28). The number of H-pyrrole nitrogens is 1. The van der Waals surface area contributed by atoms with Gasteiger partial charge in [-0.1, -0.05) is 18.2 Å². The summed E-state index contributed by atoms with van der Waals surface area (Å²) in [6.07, 6.45) is 0.978. The van der Waals surface area contributed by atoms with Crippen LogP contribution in [0.25, 0.3) is 10.9 Å². The van der Waals surface area contributed by atoms with Gasteiger partial charge in [0.2, 0.25) is 17.7 Å². The molecule has 0 saturated carbocycles. The van der Waals surface area contributed by atoms with Gasteiger partial charge in [0.25, 0.3) is 0 Å². The van der Waals surface area contributed by atoms with E-state index in [1.165, 1.54) is 13.8 Å². The first-order chi connectivity index (χ1) is 17.9. The van der Waals surface area contributed by atoms with Crippen LogP contribution >= 0.6 is 0 Å². The van der Waals surface area contributed by atoms with E-state index in [0.717, 1.165) is 16.5 Å². The van der Waals surface area contributed by atoms with Crippen LogP contribution in [-0.2, 0) is 25.6 Å². The SMILES string of the molecule is CC(NC(=O)C(NC(=O)C(N)Cc1c[nH]c2ccccc12)C(C)O)C(=O)NC(CCCN=C(N)N)C(=O)O. The van der Waals surface area contributed by atoms with Gasteiger partial charge in [-0.3, -0.25) is 19.4 Å². The Bertz CT molecular complexity index is 1160. The summed E-state index contributed by atoms with van der Waals surface area (Å²) in [6.45, 7) is 2.83. The van der Waals surface area contributed by atoms with E-state index in [1.54, 1.807) is 6.20 Å². The molecule has 0 aliphatic carbocycles. The van der Waals surface area contributed by atoms with Crippen molar-refractivity contribution in [2.24, 2.45) is 22.2 Å². The van der Waals surface area contributed by atoms with Crippen LogP contribution in [0.4, 0.5) is 0 Å². The summed E-state index contributed by atoms with van der Waals surface area (Å²) in [5.74, 6) is -3.66. The van der Waals surface area contributed by atoms with Crippen molar-refractivity contribution in [1.29, 1.82) is 0 Å². The highest BCUT2D eigenvalue weighted by atomic mass is 16.4. The van der Waals surface area contributed by atoms with E-state index in [0.29, 0.717) is 6.42 Å². The van der Waals surface area contributed by atoms with Crippen molar-refractivity contribution < 1.29 is 29.4 Å². The number of aliphatic hydroxyl groups excluding tert-OH is 1. The zero-order chi connectivity index (χ0) is 28.4. The first-order valence-corrected chi connectivity index (χ1v) is 12.1. The maximum absolute atomic E-state index is 12.8. The maximum Gasteiger partial charge on any atom is 0.326 e. The van der Waals surface area contributed by atoms with E-state index in [4.69, 9.17) is 17.2 Å². The molecule has 0 aliphatic rings. The number of amides is 3. The van der Waals surface area contributed by atoms with Crippen LogP contribution in [0.1, 0.15) is 32.3 Å². The zero-order valence-corrected chi connectivity index (χ0v) is 21.3. The van der Waals surface area contributed by atoms with Gasteiger partial charge in [-0.15, -0.1) is 0 Å². The predicted octanol–water partition coefficient (Wildman–Crippen LogP) is -1.97. The molecule has 1 heterocycles. The average molecular weight is 533 g/mol. The van der Waals surface area contributed by atoms with Crippen LogP contribution in [0.15, 0.2) is 35.5 Å². The molecule has 0 fully saturated rings. The van der Waals surface area contributed by atoms with Crippen molar-refractivity contribution in [2.75, 3.05) is 6.54 Å². The van der Waals surface area contributed by atoms with Gasteiger partial charge < -0.3 is 48.3 Å². The number of carbonyl (C=O) groups is 4. The molecule has 12 N–H and O–H groups in total. The van der Waals surface area contributed by atoms with Crippen molar-refractivity contribution in [1.82, 2.24) is 20.9 Å².